The Labute approximate surface area is 211 Å². The zero-order valence-electron chi connectivity index (χ0n) is 22.1. The third-order valence-electron chi connectivity index (χ3n) is 11.4. The summed E-state index contributed by atoms with van der Waals surface area (Å²) in [5, 5.41) is 0. The van der Waals surface area contributed by atoms with Crippen molar-refractivity contribution < 1.29 is 23.7 Å². The smallest absolute Gasteiger partial charge is 0.168 e. The molecular weight excluding hydrogens is 440 g/mol. The molecule has 5 nitrogen and oxygen atoms in total. The van der Waals surface area contributed by atoms with E-state index in [0.717, 1.165) is 44.1 Å². The summed E-state index contributed by atoms with van der Waals surface area (Å²) in [7, 11) is 3.49. The van der Waals surface area contributed by atoms with E-state index >= 15 is 0 Å². The predicted molar refractivity (Wildman–Crippen MR) is 134 cm³/mol. The average molecular weight is 485 g/mol. The number of ether oxygens (including phenoxy) is 5. The third kappa shape index (κ3) is 3.79. The molecule has 1 aromatic carbocycles. The van der Waals surface area contributed by atoms with Gasteiger partial charge in [-0.05, 0) is 96.6 Å². The van der Waals surface area contributed by atoms with Gasteiger partial charge >= 0.3 is 0 Å². The lowest BCUT2D eigenvalue weighted by Crippen LogP contribution is -2.58. The second kappa shape index (κ2) is 9.01. The normalized spacial score (nSPS) is 44.0. The van der Waals surface area contributed by atoms with Crippen LogP contribution in [0.25, 0.3) is 0 Å². The van der Waals surface area contributed by atoms with E-state index in [1.54, 1.807) is 14.2 Å². The Kier molecular flexibility index (Phi) is 6.23. The molecule has 8 atom stereocenters. The molecule has 4 saturated carbocycles. The molecule has 1 aromatic rings. The molecule has 5 fully saturated rings. The van der Waals surface area contributed by atoms with Gasteiger partial charge in [0.15, 0.2) is 5.79 Å². The van der Waals surface area contributed by atoms with E-state index in [0.29, 0.717) is 42.0 Å². The van der Waals surface area contributed by atoms with Crippen LogP contribution in [0.1, 0.15) is 76.7 Å². The molecule has 1 aliphatic heterocycles. The van der Waals surface area contributed by atoms with Crippen molar-refractivity contribution in [2.75, 3.05) is 34.2 Å². The Hall–Kier alpha value is -1.14. The van der Waals surface area contributed by atoms with Crippen molar-refractivity contribution in [1.82, 2.24) is 0 Å². The van der Waals surface area contributed by atoms with Crippen LogP contribution in [0, 0.1) is 34.5 Å². The van der Waals surface area contributed by atoms with Gasteiger partial charge in [0.05, 0.1) is 26.4 Å². The van der Waals surface area contributed by atoms with Crippen LogP contribution in [0.2, 0.25) is 0 Å². The van der Waals surface area contributed by atoms with E-state index in [1.807, 2.05) is 0 Å². The molecule has 194 valence electrons. The Bertz CT molecular complexity index is 895. The first-order valence-corrected chi connectivity index (χ1v) is 13.9. The van der Waals surface area contributed by atoms with E-state index in [4.69, 9.17) is 23.7 Å². The molecule has 0 amide bonds. The van der Waals surface area contributed by atoms with Gasteiger partial charge < -0.3 is 23.7 Å². The van der Waals surface area contributed by atoms with Gasteiger partial charge in [0.25, 0.3) is 0 Å². The lowest BCUT2D eigenvalue weighted by Gasteiger charge is -2.64. The SMILES string of the molecule is COCO[C@H]1CC[C@H]2[C@@H]3C(c4ccc(OC)cc4)C[C@H]4CC5(CC[C@]4(C)[C@H]3CC[C@]12C)OCCO5. The van der Waals surface area contributed by atoms with Gasteiger partial charge in [-0.2, -0.15) is 0 Å². The average Bonchev–Trinajstić information content (AvgIpc) is 3.47. The fourth-order valence-electron chi connectivity index (χ4n) is 9.55. The van der Waals surface area contributed by atoms with E-state index in [9.17, 15) is 0 Å². The molecule has 35 heavy (non-hydrogen) atoms. The molecule has 1 heterocycles. The van der Waals surface area contributed by atoms with E-state index in [-0.39, 0.29) is 11.2 Å². The lowest BCUT2D eigenvalue weighted by molar-refractivity contribution is -0.234. The number of benzene rings is 1. The maximum absolute atomic E-state index is 6.30. The highest BCUT2D eigenvalue weighted by atomic mass is 16.7. The monoisotopic (exact) mass is 484 g/mol. The van der Waals surface area contributed by atoms with Crippen molar-refractivity contribution in [2.45, 2.75) is 83.0 Å². The maximum atomic E-state index is 6.30. The van der Waals surface area contributed by atoms with Crippen LogP contribution in [-0.4, -0.2) is 46.1 Å². The van der Waals surface area contributed by atoms with Crippen LogP contribution in [0.4, 0.5) is 0 Å². The van der Waals surface area contributed by atoms with Crippen LogP contribution in [0.5, 0.6) is 5.75 Å². The molecule has 1 spiro atoms. The molecule has 5 aliphatic rings. The van der Waals surface area contributed by atoms with Gasteiger partial charge in [-0.3, -0.25) is 0 Å². The van der Waals surface area contributed by atoms with E-state index < -0.39 is 0 Å². The van der Waals surface area contributed by atoms with Gasteiger partial charge in [0, 0.05) is 20.0 Å². The fourth-order valence-corrected chi connectivity index (χ4v) is 9.55. The second-order valence-corrected chi connectivity index (χ2v) is 12.6. The summed E-state index contributed by atoms with van der Waals surface area (Å²) in [5.41, 5.74) is 2.09. The Balaban J connectivity index is 1.37. The van der Waals surface area contributed by atoms with Gasteiger partial charge in [0.2, 0.25) is 0 Å². The summed E-state index contributed by atoms with van der Waals surface area (Å²) >= 11 is 0. The van der Waals surface area contributed by atoms with Gasteiger partial charge in [-0.1, -0.05) is 26.0 Å². The van der Waals surface area contributed by atoms with Crippen molar-refractivity contribution in [2.24, 2.45) is 34.5 Å². The van der Waals surface area contributed by atoms with Crippen LogP contribution in [0.3, 0.4) is 0 Å². The molecule has 1 unspecified atom stereocenters. The van der Waals surface area contributed by atoms with Gasteiger partial charge in [0.1, 0.15) is 12.5 Å². The Morgan fingerprint density at radius 2 is 1.63 bits per heavy atom. The summed E-state index contributed by atoms with van der Waals surface area (Å²) in [6.45, 7) is 7.06. The molecular formula is C30H44O5. The quantitative estimate of drug-likeness (QED) is 0.468. The number of hydrogen-bond donors (Lipinski definition) is 0. The van der Waals surface area contributed by atoms with Crippen molar-refractivity contribution in [1.29, 1.82) is 0 Å². The standard InChI is InChI=1S/C30H44O5/c1-28-13-14-30(34-15-16-35-30)18-21(28)17-23(20-5-7-22(32-4)8-6-20)27-24-9-10-26(33-19-31-3)29(24,2)12-11-25(27)28/h5-8,21,23-27H,9-19H2,1-4H3/t21-,23?,24-,25-,26-,27-,28-,29-/m0/s1. The van der Waals surface area contributed by atoms with Crippen LogP contribution < -0.4 is 4.74 Å². The number of fused-ring (bicyclic) bond motifs is 5. The molecule has 0 bridgehead atoms. The van der Waals surface area contributed by atoms with Crippen molar-refractivity contribution in [3.8, 4) is 5.75 Å². The summed E-state index contributed by atoms with van der Waals surface area (Å²) in [5.74, 6) is 3.95. The first-order valence-electron chi connectivity index (χ1n) is 13.9. The molecule has 1 saturated heterocycles. The topological polar surface area (TPSA) is 46.2 Å². The number of methoxy groups -OCH3 is 2. The molecule has 0 N–H and O–H groups in total. The van der Waals surface area contributed by atoms with Crippen molar-refractivity contribution >= 4 is 0 Å². The molecule has 0 aromatic heterocycles. The van der Waals surface area contributed by atoms with Gasteiger partial charge in [-0.15, -0.1) is 0 Å². The minimum Gasteiger partial charge on any atom is -0.497 e. The highest BCUT2D eigenvalue weighted by molar-refractivity contribution is 5.32. The predicted octanol–water partition coefficient (Wildman–Crippen LogP) is 6.16. The molecule has 0 radical (unpaired) electrons. The minimum absolute atomic E-state index is 0.237. The Morgan fingerprint density at radius 3 is 2.34 bits per heavy atom. The third-order valence-corrected chi connectivity index (χ3v) is 11.4. The first kappa shape index (κ1) is 24.2. The fraction of sp³-hybridized carbons (Fsp3) is 0.800. The van der Waals surface area contributed by atoms with Crippen molar-refractivity contribution in [3.05, 3.63) is 29.8 Å². The number of hydrogen-bond acceptors (Lipinski definition) is 5. The number of rotatable bonds is 5. The summed E-state index contributed by atoms with van der Waals surface area (Å²) in [6, 6.07) is 8.99. The molecule has 5 heteroatoms. The zero-order valence-corrected chi connectivity index (χ0v) is 22.1. The first-order chi connectivity index (χ1) is 16.9. The summed E-state index contributed by atoms with van der Waals surface area (Å²) in [6.07, 6.45) is 9.88. The van der Waals surface area contributed by atoms with Crippen LogP contribution >= 0.6 is 0 Å². The summed E-state index contributed by atoms with van der Waals surface area (Å²) in [4.78, 5) is 0. The second-order valence-electron chi connectivity index (χ2n) is 12.6. The summed E-state index contributed by atoms with van der Waals surface area (Å²) < 4.78 is 29.6. The maximum Gasteiger partial charge on any atom is 0.168 e. The van der Waals surface area contributed by atoms with Crippen LogP contribution in [0.15, 0.2) is 24.3 Å². The zero-order chi connectivity index (χ0) is 24.3. The van der Waals surface area contributed by atoms with Gasteiger partial charge in [-0.25, -0.2) is 0 Å². The van der Waals surface area contributed by atoms with E-state index in [1.165, 1.54) is 37.7 Å². The Morgan fingerprint density at radius 1 is 0.886 bits per heavy atom. The highest BCUT2D eigenvalue weighted by Crippen LogP contribution is 2.70. The van der Waals surface area contributed by atoms with E-state index in [2.05, 4.69) is 38.1 Å². The minimum atomic E-state index is -0.322. The molecule has 4 aliphatic carbocycles. The lowest BCUT2D eigenvalue weighted by atomic mass is 9.42. The largest absolute Gasteiger partial charge is 0.497 e. The highest BCUT2D eigenvalue weighted by Gasteiger charge is 2.64. The van der Waals surface area contributed by atoms with Crippen molar-refractivity contribution in [3.63, 3.8) is 0 Å². The van der Waals surface area contributed by atoms with Crippen LogP contribution in [-0.2, 0) is 18.9 Å². The molecule has 6 rings (SSSR count).